The molecule has 0 bridgehead atoms. The molecule has 0 aliphatic carbocycles. The molecule has 0 unspecified atom stereocenters. The fourth-order valence-corrected chi connectivity index (χ4v) is 1.33. The van der Waals surface area contributed by atoms with Gasteiger partial charge >= 0.3 is 5.97 Å². The van der Waals surface area contributed by atoms with Gasteiger partial charge < -0.3 is 4.74 Å². The third-order valence-corrected chi connectivity index (χ3v) is 2.24. The van der Waals surface area contributed by atoms with E-state index in [4.69, 9.17) is 4.74 Å². The Kier molecular flexibility index (Phi) is 6.47. The molecular weight excluding hydrogens is 258 g/mol. The molecule has 0 fully saturated rings. The van der Waals surface area contributed by atoms with Gasteiger partial charge in [-0.1, -0.05) is 30.4 Å². The normalized spacial score (nSPS) is 11.4. The number of nitro groups is 1. The summed E-state index contributed by atoms with van der Waals surface area (Å²) in [7, 11) is 0. The number of rotatable bonds is 6. The summed E-state index contributed by atoms with van der Waals surface area (Å²) in [5.41, 5.74) is 0.921. The van der Waals surface area contributed by atoms with Gasteiger partial charge in [0.15, 0.2) is 0 Å². The highest BCUT2D eigenvalue weighted by Gasteiger charge is 2.01. The van der Waals surface area contributed by atoms with E-state index in [0.717, 1.165) is 5.56 Å². The second-order valence-corrected chi connectivity index (χ2v) is 3.70. The number of hydrogen-bond donors (Lipinski definition) is 0. The summed E-state index contributed by atoms with van der Waals surface area (Å²) in [6.45, 7) is 2.10. The highest BCUT2D eigenvalue weighted by Crippen LogP contribution is 2.12. The van der Waals surface area contributed by atoms with Gasteiger partial charge in [-0.3, -0.25) is 10.1 Å². The highest BCUT2D eigenvalue weighted by atomic mass is 16.6. The van der Waals surface area contributed by atoms with E-state index in [9.17, 15) is 14.9 Å². The Labute approximate surface area is 117 Å². The standard InChI is InChI=1S/C15H15NO4/c1-2-20-15(17)8-6-4-3-5-7-13-9-11-14(12-10-13)16(18)19/h3-12H,2H2,1H3/b4-3+,7-5+,8-6+. The van der Waals surface area contributed by atoms with E-state index in [1.165, 1.54) is 18.2 Å². The van der Waals surface area contributed by atoms with E-state index in [1.807, 2.05) is 0 Å². The van der Waals surface area contributed by atoms with Crippen LogP contribution >= 0.6 is 0 Å². The molecule has 0 atom stereocenters. The second kappa shape index (κ2) is 8.42. The first-order chi connectivity index (χ1) is 9.63. The number of carbonyl (C=O) groups excluding carboxylic acids is 1. The number of allylic oxidation sites excluding steroid dienone is 4. The Hall–Kier alpha value is -2.69. The number of benzene rings is 1. The van der Waals surface area contributed by atoms with Crippen LogP contribution in [0.2, 0.25) is 0 Å². The molecule has 0 amide bonds. The van der Waals surface area contributed by atoms with Gasteiger partial charge in [0, 0.05) is 18.2 Å². The van der Waals surface area contributed by atoms with Crippen molar-refractivity contribution in [2.24, 2.45) is 0 Å². The summed E-state index contributed by atoms with van der Waals surface area (Å²) in [4.78, 5) is 21.0. The molecule has 0 aromatic heterocycles. The van der Waals surface area contributed by atoms with Crippen molar-refractivity contribution in [3.63, 3.8) is 0 Å². The van der Waals surface area contributed by atoms with Gasteiger partial charge in [-0.05, 0) is 24.6 Å². The second-order valence-electron chi connectivity index (χ2n) is 3.70. The van der Waals surface area contributed by atoms with Crippen LogP contribution in [0.25, 0.3) is 6.08 Å². The van der Waals surface area contributed by atoms with Crippen molar-refractivity contribution in [1.29, 1.82) is 0 Å². The SMILES string of the molecule is CCOC(=O)/C=C/C=C/C=C/c1ccc([N+](=O)[O-])cc1. The number of nitro benzene ring substituents is 1. The number of ether oxygens (including phenoxy) is 1. The zero-order valence-electron chi connectivity index (χ0n) is 11.1. The minimum absolute atomic E-state index is 0.0649. The van der Waals surface area contributed by atoms with Gasteiger partial charge in [-0.2, -0.15) is 0 Å². The third kappa shape index (κ3) is 5.77. The fourth-order valence-electron chi connectivity index (χ4n) is 1.33. The van der Waals surface area contributed by atoms with Crippen molar-refractivity contribution >= 4 is 17.7 Å². The van der Waals surface area contributed by atoms with Gasteiger partial charge in [0.25, 0.3) is 5.69 Å². The minimum Gasteiger partial charge on any atom is -0.463 e. The molecule has 0 aliphatic heterocycles. The smallest absolute Gasteiger partial charge is 0.330 e. The average molecular weight is 273 g/mol. The number of hydrogen-bond acceptors (Lipinski definition) is 4. The molecule has 1 rings (SSSR count). The first-order valence-electron chi connectivity index (χ1n) is 6.06. The van der Waals surface area contributed by atoms with E-state index in [2.05, 4.69) is 0 Å². The van der Waals surface area contributed by atoms with E-state index in [-0.39, 0.29) is 11.7 Å². The van der Waals surface area contributed by atoms with Crippen LogP contribution in [0.4, 0.5) is 5.69 Å². The summed E-state index contributed by atoms with van der Waals surface area (Å²) >= 11 is 0. The molecule has 0 saturated heterocycles. The third-order valence-electron chi connectivity index (χ3n) is 2.24. The fraction of sp³-hybridized carbons (Fsp3) is 0.133. The Balaban J connectivity index is 2.48. The van der Waals surface area contributed by atoms with E-state index < -0.39 is 4.92 Å². The maximum atomic E-state index is 11.0. The summed E-state index contributed by atoms with van der Waals surface area (Å²) < 4.78 is 4.72. The maximum absolute atomic E-state index is 11.0. The van der Waals surface area contributed by atoms with Crippen LogP contribution in [0.3, 0.4) is 0 Å². The number of non-ortho nitro benzene ring substituents is 1. The Morgan fingerprint density at radius 1 is 1.20 bits per heavy atom. The molecule has 20 heavy (non-hydrogen) atoms. The molecule has 0 aliphatic rings. The molecular formula is C15H15NO4. The average Bonchev–Trinajstić information content (AvgIpc) is 2.43. The van der Waals surface area contributed by atoms with Crippen LogP contribution in [0, 0.1) is 10.1 Å². The molecule has 0 radical (unpaired) electrons. The van der Waals surface area contributed by atoms with Crippen molar-refractivity contribution in [2.45, 2.75) is 6.92 Å². The lowest BCUT2D eigenvalue weighted by molar-refractivity contribution is -0.384. The summed E-state index contributed by atoms with van der Waals surface area (Å²) in [6.07, 6.45) is 9.93. The zero-order valence-corrected chi connectivity index (χ0v) is 11.1. The van der Waals surface area contributed by atoms with E-state index in [0.29, 0.717) is 6.61 Å². The predicted molar refractivity (Wildman–Crippen MR) is 77.0 cm³/mol. The molecule has 1 aromatic carbocycles. The monoisotopic (exact) mass is 273 g/mol. The van der Waals surface area contributed by atoms with E-state index in [1.54, 1.807) is 49.4 Å². The number of carbonyl (C=O) groups is 1. The Bertz CT molecular complexity index is 541. The molecule has 104 valence electrons. The molecule has 1 aromatic rings. The summed E-state index contributed by atoms with van der Waals surface area (Å²) in [6, 6.07) is 6.22. The van der Waals surface area contributed by atoms with Crippen LogP contribution in [0.5, 0.6) is 0 Å². The van der Waals surface area contributed by atoms with E-state index >= 15 is 0 Å². The van der Waals surface area contributed by atoms with Crippen LogP contribution in [-0.2, 0) is 9.53 Å². The number of esters is 1. The zero-order chi connectivity index (χ0) is 14.8. The van der Waals surface area contributed by atoms with Gasteiger partial charge in [0.05, 0.1) is 11.5 Å². The summed E-state index contributed by atoms with van der Waals surface area (Å²) in [5.74, 6) is -0.378. The lowest BCUT2D eigenvalue weighted by atomic mass is 10.2. The minimum atomic E-state index is -0.437. The molecule has 5 heteroatoms. The Morgan fingerprint density at radius 3 is 2.45 bits per heavy atom. The molecule has 0 spiro atoms. The topological polar surface area (TPSA) is 69.4 Å². The van der Waals surface area contributed by atoms with Crippen molar-refractivity contribution in [3.8, 4) is 0 Å². The first-order valence-corrected chi connectivity index (χ1v) is 6.06. The quantitative estimate of drug-likeness (QED) is 0.262. The lowest BCUT2D eigenvalue weighted by Crippen LogP contribution is -1.98. The molecule has 5 nitrogen and oxygen atoms in total. The van der Waals surface area contributed by atoms with Crippen molar-refractivity contribution in [2.75, 3.05) is 6.61 Å². The molecule has 0 saturated carbocycles. The Morgan fingerprint density at radius 2 is 1.85 bits per heavy atom. The highest BCUT2D eigenvalue weighted by molar-refractivity contribution is 5.82. The van der Waals surface area contributed by atoms with Crippen LogP contribution in [0.15, 0.2) is 54.6 Å². The largest absolute Gasteiger partial charge is 0.463 e. The molecule has 0 heterocycles. The van der Waals surface area contributed by atoms with Gasteiger partial charge in [-0.15, -0.1) is 0 Å². The molecule has 0 N–H and O–H groups in total. The van der Waals surface area contributed by atoms with Gasteiger partial charge in [-0.25, -0.2) is 4.79 Å². The van der Waals surface area contributed by atoms with Crippen LogP contribution in [-0.4, -0.2) is 17.5 Å². The predicted octanol–water partition coefficient (Wildman–Crippen LogP) is 3.28. The van der Waals surface area contributed by atoms with Crippen LogP contribution < -0.4 is 0 Å². The van der Waals surface area contributed by atoms with Gasteiger partial charge in [0.1, 0.15) is 0 Å². The maximum Gasteiger partial charge on any atom is 0.330 e. The van der Waals surface area contributed by atoms with Crippen molar-refractivity contribution < 1.29 is 14.5 Å². The van der Waals surface area contributed by atoms with Gasteiger partial charge in [0.2, 0.25) is 0 Å². The number of nitrogens with zero attached hydrogens (tertiary/aromatic N) is 1. The van der Waals surface area contributed by atoms with Crippen LogP contribution in [0.1, 0.15) is 12.5 Å². The van der Waals surface area contributed by atoms with Crippen molar-refractivity contribution in [3.05, 3.63) is 70.3 Å². The lowest BCUT2D eigenvalue weighted by Gasteiger charge is -1.92. The first kappa shape index (κ1) is 15.4. The van der Waals surface area contributed by atoms with Crippen molar-refractivity contribution in [1.82, 2.24) is 0 Å². The summed E-state index contributed by atoms with van der Waals surface area (Å²) in [5, 5.41) is 10.5.